The van der Waals surface area contributed by atoms with Gasteiger partial charge in [-0.15, -0.1) is 0 Å². The van der Waals surface area contributed by atoms with Crippen LogP contribution in [0.15, 0.2) is 44.4 Å². The molecule has 1 heterocycles. The lowest BCUT2D eigenvalue weighted by Gasteiger charge is -2.10. The monoisotopic (exact) mass is 435 g/mol. The molecule has 0 radical (unpaired) electrons. The zero-order valence-corrected chi connectivity index (χ0v) is 15.4. The van der Waals surface area contributed by atoms with Crippen LogP contribution < -0.4 is 4.72 Å². The summed E-state index contributed by atoms with van der Waals surface area (Å²) in [4.78, 5) is 0.235. The second kappa shape index (κ2) is 7.04. The van der Waals surface area contributed by atoms with Crippen molar-refractivity contribution < 1.29 is 8.42 Å². The first-order valence-corrected chi connectivity index (χ1v) is 9.40. The summed E-state index contributed by atoms with van der Waals surface area (Å²) in [5.41, 5.74) is 0.972. The average molecular weight is 437 g/mol. The average Bonchev–Trinajstić information content (AvgIpc) is 2.92. The number of nitrogens with zero attached hydrogens (tertiary/aromatic N) is 2. The largest absolute Gasteiger partial charge is 0.273 e. The number of halogens is 2. The van der Waals surface area contributed by atoms with Crippen molar-refractivity contribution in [2.45, 2.75) is 24.8 Å². The van der Waals surface area contributed by atoms with Crippen molar-refractivity contribution in [3.63, 3.8) is 0 Å². The third kappa shape index (κ3) is 4.38. The molecule has 21 heavy (non-hydrogen) atoms. The Hall–Kier alpha value is -0.700. The minimum Gasteiger partial charge on any atom is -0.273 e. The summed E-state index contributed by atoms with van der Waals surface area (Å²) in [6.45, 7) is 2.94. The minimum atomic E-state index is -3.53. The van der Waals surface area contributed by atoms with E-state index >= 15 is 0 Å². The molecule has 8 heteroatoms. The summed E-state index contributed by atoms with van der Waals surface area (Å²) >= 11 is 6.66. The van der Waals surface area contributed by atoms with Crippen LogP contribution in [0, 0.1) is 6.92 Å². The highest BCUT2D eigenvalue weighted by Gasteiger charge is 2.18. The molecular formula is C13H15Br2N3O2S. The van der Waals surface area contributed by atoms with E-state index in [1.807, 2.05) is 19.2 Å². The molecule has 0 spiro atoms. The quantitative estimate of drug-likeness (QED) is 0.707. The van der Waals surface area contributed by atoms with E-state index in [1.54, 1.807) is 23.0 Å². The molecule has 2 aromatic rings. The Labute approximate surface area is 141 Å². The zero-order chi connectivity index (χ0) is 15.5. The summed E-state index contributed by atoms with van der Waals surface area (Å²) in [6.07, 6.45) is 4.22. The summed E-state index contributed by atoms with van der Waals surface area (Å²) in [5, 5.41) is 4.07. The predicted molar refractivity (Wildman–Crippen MR) is 88.6 cm³/mol. The van der Waals surface area contributed by atoms with Gasteiger partial charge < -0.3 is 0 Å². The molecule has 114 valence electrons. The number of hydrogen-bond donors (Lipinski definition) is 1. The summed E-state index contributed by atoms with van der Waals surface area (Å²) < 4.78 is 30.3. The SMILES string of the molecule is Cc1cc(Br)c(S(=O)(=O)NCCCn2cccn2)cc1Br. The maximum Gasteiger partial charge on any atom is 0.241 e. The maximum atomic E-state index is 12.3. The molecule has 0 saturated heterocycles. The van der Waals surface area contributed by atoms with Crippen molar-refractivity contribution in [3.05, 3.63) is 45.1 Å². The number of aryl methyl sites for hydroxylation is 2. The summed E-state index contributed by atoms with van der Waals surface area (Å²) in [5.74, 6) is 0. The van der Waals surface area contributed by atoms with E-state index in [2.05, 4.69) is 41.7 Å². The van der Waals surface area contributed by atoms with Crippen LogP contribution in [0.25, 0.3) is 0 Å². The van der Waals surface area contributed by atoms with Crippen molar-refractivity contribution in [2.75, 3.05) is 6.54 Å². The first kappa shape index (κ1) is 16.7. The highest BCUT2D eigenvalue weighted by Crippen LogP contribution is 2.28. The third-order valence-electron chi connectivity index (χ3n) is 2.92. The van der Waals surface area contributed by atoms with E-state index in [0.717, 1.165) is 10.0 Å². The van der Waals surface area contributed by atoms with Gasteiger partial charge in [-0.25, -0.2) is 13.1 Å². The van der Waals surface area contributed by atoms with Crippen molar-refractivity contribution in [1.29, 1.82) is 0 Å². The lowest BCUT2D eigenvalue weighted by molar-refractivity contribution is 0.552. The second-order valence-electron chi connectivity index (χ2n) is 4.55. The molecule has 0 aliphatic rings. The van der Waals surface area contributed by atoms with Gasteiger partial charge in [-0.2, -0.15) is 5.10 Å². The lowest BCUT2D eigenvalue weighted by Crippen LogP contribution is -2.26. The fourth-order valence-corrected chi connectivity index (χ4v) is 4.54. The highest BCUT2D eigenvalue weighted by molar-refractivity contribution is 9.11. The van der Waals surface area contributed by atoms with Gasteiger partial charge in [0.1, 0.15) is 0 Å². The van der Waals surface area contributed by atoms with Gasteiger partial charge in [0.2, 0.25) is 10.0 Å². The highest BCUT2D eigenvalue weighted by atomic mass is 79.9. The molecule has 0 amide bonds. The topological polar surface area (TPSA) is 64.0 Å². The van der Waals surface area contributed by atoms with Crippen molar-refractivity contribution in [1.82, 2.24) is 14.5 Å². The molecule has 1 aromatic heterocycles. The Bertz CT molecular complexity index is 715. The van der Waals surface area contributed by atoms with Crippen LogP contribution in [0.3, 0.4) is 0 Å². The first-order chi connectivity index (χ1) is 9.90. The normalized spacial score (nSPS) is 11.8. The maximum absolute atomic E-state index is 12.3. The van der Waals surface area contributed by atoms with Crippen molar-refractivity contribution >= 4 is 41.9 Å². The van der Waals surface area contributed by atoms with E-state index in [0.29, 0.717) is 24.0 Å². The van der Waals surface area contributed by atoms with Crippen LogP contribution in [-0.2, 0) is 16.6 Å². The van der Waals surface area contributed by atoms with Crippen molar-refractivity contribution in [2.24, 2.45) is 0 Å². The Kier molecular flexibility index (Phi) is 5.59. The number of benzene rings is 1. The number of hydrogen-bond acceptors (Lipinski definition) is 3. The molecule has 5 nitrogen and oxygen atoms in total. The van der Waals surface area contributed by atoms with Gasteiger partial charge in [-0.3, -0.25) is 4.68 Å². The van der Waals surface area contributed by atoms with Crippen LogP contribution in [0.1, 0.15) is 12.0 Å². The third-order valence-corrected chi connectivity index (χ3v) is 6.19. The molecule has 2 rings (SSSR count). The van der Waals surface area contributed by atoms with Gasteiger partial charge in [0, 0.05) is 34.4 Å². The Balaban J connectivity index is 2.00. The van der Waals surface area contributed by atoms with Gasteiger partial charge in [-0.05, 0) is 53.0 Å². The van der Waals surface area contributed by atoms with Gasteiger partial charge in [-0.1, -0.05) is 15.9 Å². The van der Waals surface area contributed by atoms with E-state index < -0.39 is 10.0 Å². The number of rotatable bonds is 6. The van der Waals surface area contributed by atoms with E-state index in [1.165, 1.54) is 0 Å². The molecule has 0 bridgehead atoms. The van der Waals surface area contributed by atoms with Crippen LogP contribution in [0.5, 0.6) is 0 Å². The van der Waals surface area contributed by atoms with E-state index in [-0.39, 0.29) is 4.90 Å². The van der Waals surface area contributed by atoms with E-state index in [9.17, 15) is 8.42 Å². The molecule has 0 fully saturated rings. The fourth-order valence-electron chi connectivity index (χ4n) is 1.79. The van der Waals surface area contributed by atoms with Crippen LogP contribution in [0.2, 0.25) is 0 Å². The Morgan fingerprint density at radius 2 is 2.05 bits per heavy atom. The number of sulfonamides is 1. The summed E-state index contributed by atoms with van der Waals surface area (Å²) in [7, 11) is -3.53. The molecule has 0 atom stereocenters. The minimum absolute atomic E-state index is 0.235. The smallest absolute Gasteiger partial charge is 0.241 e. The second-order valence-corrected chi connectivity index (χ2v) is 8.00. The molecule has 0 unspecified atom stereocenters. The van der Waals surface area contributed by atoms with Crippen molar-refractivity contribution in [3.8, 4) is 0 Å². The molecule has 0 aliphatic heterocycles. The Morgan fingerprint density at radius 1 is 1.29 bits per heavy atom. The van der Waals surface area contributed by atoms with Gasteiger partial charge in [0.25, 0.3) is 0 Å². The standard InChI is InChI=1S/C13H15Br2N3O2S/c1-10-8-12(15)13(9-11(10)14)21(19,20)17-5-3-7-18-6-2-4-16-18/h2,4,6,8-9,17H,3,5,7H2,1H3. The molecule has 1 N–H and O–H groups in total. The number of nitrogens with one attached hydrogen (secondary N) is 1. The molecular weight excluding hydrogens is 422 g/mol. The van der Waals surface area contributed by atoms with Gasteiger partial charge in [0.15, 0.2) is 0 Å². The summed E-state index contributed by atoms with van der Waals surface area (Å²) in [6, 6.07) is 5.22. The fraction of sp³-hybridized carbons (Fsp3) is 0.308. The van der Waals surface area contributed by atoms with Crippen LogP contribution >= 0.6 is 31.9 Å². The van der Waals surface area contributed by atoms with Gasteiger partial charge in [0.05, 0.1) is 4.90 Å². The molecule has 0 aliphatic carbocycles. The molecule has 0 saturated carbocycles. The van der Waals surface area contributed by atoms with Crippen LogP contribution in [-0.4, -0.2) is 24.7 Å². The van der Waals surface area contributed by atoms with Crippen LogP contribution in [0.4, 0.5) is 0 Å². The lowest BCUT2D eigenvalue weighted by atomic mass is 10.2. The predicted octanol–water partition coefficient (Wildman–Crippen LogP) is 3.09. The van der Waals surface area contributed by atoms with Gasteiger partial charge >= 0.3 is 0 Å². The van der Waals surface area contributed by atoms with E-state index in [4.69, 9.17) is 0 Å². The molecule has 1 aromatic carbocycles. The first-order valence-electron chi connectivity index (χ1n) is 6.33. The zero-order valence-electron chi connectivity index (χ0n) is 11.4. The number of aromatic nitrogens is 2. The Morgan fingerprint density at radius 3 is 2.71 bits per heavy atom.